The van der Waals surface area contributed by atoms with Crippen LogP contribution in [0.1, 0.15) is 79.7 Å². The number of hydrogen-bond donors (Lipinski definition) is 2. The van der Waals surface area contributed by atoms with Gasteiger partial charge in [-0.05, 0) is 49.5 Å². The Morgan fingerprint density at radius 1 is 1.14 bits per heavy atom. The summed E-state index contributed by atoms with van der Waals surface area (Å²) in [5.74, 6) is 0.638. The lowest BCUT2D eigenvalue weighted by Crippen LogP contribution is -2.49. The van der Waals surface area contributed by atoms with Gasteiger partial charge in [-0.25, -0.2) is 0 Å². The van der Waals surface area contributed by atoms with Gasteiger partial charge in [0.2, 0.25) is 0 Å². The Morgan fingerprint density at radius 3 is 2.32 bits per heavy atom. The van der Waals surface area contributed by atoms with Crippen molar-refractivity contribution in [2.45, 2.75) is 59.0 Å². The number of aldehydes is 2. The number of fused-ring (bicyclic) bond motifs is 2. The molecule has 1 aromatic rings. The molecule has 5 heteroatoms. The molecule has 1 aromatic carbocycles. The monoisotopic (exact) mass is 386 g/mol. The second kappa shape index (κ2) is 7.26. The van der Waals surface area contributed by atoms with Crippen LogP contribution in [0.3, 0.4) is 0 Å². The summed E-state index contributed by atoms with van der Waals surface area (Å²) in [5, 5.41) is 21.2. The van der Waals surface area contributed by atoms with E-state index < -0.39 is 11.4 Å². The van der Waals surface area contributed by atoms with Crippen LogP contribution in [-0.4, -0.2) is 28.4 Å². The second-order valence-electron chi connectivity index (χ2n) is 9.13. The molecule has 0 saturated heterocycles. The van der Waals surface area contributed by atoms with Crippen LogP contribution in [0, 0.1) is 23.7 Å². The van der Waals surface area contributed by atoms with Crippen LogP contribution < -0.4 is 4.74 Å². The third kappa shape index (κ3) is 3.11. The van der Waals surface area contributed by atoms with E-state index in [4.69, 9.17) is 4.74 Å². The van der Waals surface area contributed by atoms with E-state index in [2.05, 4.69) is 39.8 Å². The predicted molar refractivity (Wildman–Crippen MR) is 107 cm³/mol. The van der Waals surface area contributed by atoms with Crippen molar-refractivity contribution in [1.82, 2.24) is 0 Å². The van der Waals surface area contributed by atoms with E-state index in [0.717, 1.165) is 12.8 Å². The minimum absolute atomic E-state index is 0.0669. The van der Waals surface area contributed by atoms with Crippen molar-refractivity contribution in [2.24, 2.45) is 23.7 Å². The van der Waals surface area contributed by atoms with E-state index in [9.17, 15) is 19.8 Å². The quantitative estimate of drug-likeness (QED) is 0.558. The summed E-state index contributed by atoms with van der Waals surface area (Å²) in [4.78, 5) is 23.3. The molecule has 0 spiro atoms. The van der Waals surface area contributed by atoms with Crippen molar-refractivity contribution in [3.05, 3.63) is 28.8 Å². The number of phenolic OH excluding ortho intramolecular Hbond substituents is 2. The van der Waals surface area contributed by atoms with Gasteiger partial charge in [-0.15, -0.1) is 0 Å². The van der Waals surface area contributed by atoms with Crippen molar-refractivity contribution in [1.29, 1.82) is 0 Å². The molecule has 0 radical (unpaired) electrons. The molecular formula is C23H30O5. The van der Waals surface area contributed by atoms with Crippen LogP contribution >= 0.6 is 0 Å². The number of allylic oxidation sites excluding steroid dienone is 1. The van der Waals surface area contributed by atoms with Crippen molar-refractivity contribution >= 4 is 12.6 Å². The van der Waals surface area contributed by atoms with Crippen LogP contribution in [0.25, 0.3) is 0 Å². The van der Waals surface area contributed by atoms with E-state index in [-0.39, 0.29) is 34.5 Å². The highest BCUT2D eigenvalue weighted by atomic mass is 16.5. The first-order chi connectivity index (χ1) is 13.1. The highest BCUT2D eigenvalue weighted by Gasteiger charge is 2.50. The number of aromatic hydroxyl groups is 2. The maximum Gasteiger partial charge on any atom is 0.157 e. The zero-order chi connectivity index (χ0) is 20.8. The number of hydrogen-bond acceptors (Lipinski definition) is 5. The Labute approximate surface area is 166 Å². The highest BCUT2D eigenvalue weighted by molar-refractivity contribution is 5.95. The van der Waals surface area contributed by atoms with Gasteiger partial charge in [0, 0.05) is 11.5 Å². The van der Waals surface area contributed by atoms with Crippen molar-refractivity contribution < 1.29 is 24.5 Å². The molecule has 1 aliphatic heterocycles. The predicted octanol–water partition coefficient (Wildman–Crippen LogP) is 4.85. The average molecular weight is 386 g/mol. The number of carbonyl (C=O) groups excluding carboxylic acids is 2. The normalized spacial score (nSPS) is 28.6. The molecule has 2 N–H and O–H groups in total. The Morgan fingerprint density at radius 2 is 1.79 bits per heavy atom. The summed E-state index contributed by atoms with van der Waals surface area (Å²) in [6.07, 6.45) is 6.83. The lowest BCUT2D eigenvalue weighted by Gasteiger charge is -2.50. The standard InChI is InChI=1S/C23H30O5/c1-12(2)8-15-18-9-14(13(3)4)6-7-23(18,5)28-22-17(11-25)20(26)16(10-24)21(27)19(15)22/h6-7,10-15,18,26-27H,8-9H2,1-5H3/t14-,15+,18-,23-/m1/s1. The fourth-order valence-corrected chi connectivity index (χ4v) is 4.86. The number of phenols is 2. The van der Waals surface area contributed by atoms with Crippen molar-refractivity contribution in [3.8, 4) is 17.2 Å². The topological polar surface area (TPSA) is 83.8 Å². The maximum atomic E-state index is 11.8. The molecule has 0 unspecified atom stereocenters. The van der Waals surface area contributed by atoms with E-state index in [1.54, 1.807) is 0 Å². The van der Waals surface area contributed by atoms with E-state index in [1.807, 2.05) is 6.92 Å². The lowest BCUT2D eigenvalue weighted by molar-refractivity contribution is 0.00795. The van der Waals surface area contributed by atoms with E-state index >= 15 is 0 Å². The highest BCUT2D eigenvalue weighted by Crippen LogP contribution is 2.58. The van der Waals surface area contributed by atoms with Gasteiger partial charge >= 0.3 is 0 Å². The molecule has 1 aliphatic carbocycles. The van der Waals surface area contributed by atoms with Gasteiger partial charge in [0.05, 0.1) is 11.1 Å². The van der Waals surface area contributed by atoms with Gasteiger partial charge in [0.25, 0.3) is 0 Å². The minimum atomic E-state index is -0.642. The second-order valence-corrected chi connectivity index (χ2v) is 9.13. The zero-order valence-corrected chi connectivity index (χ0v) is 17.2. The van der Waals surface area contributed by atoms with Crippen LogP contribution in [-0.2, 0) is 0 Å². The SMILES string of the molecule is CC(C)C[C@@H]1c2c(O)c(C=O)c(O)c(C=O)c2O[C@]2(C)C=C[C@@H](C(C)C)C[C@H]12. The zero-order valence-electron chi connectivity index (χ0n) is 17.2. The third-order valence-corrected chi connectivity index (χ3v) is 6.44. The van der Waals surface area contributed by atoms with E-state index in [1.165, 1.54) is 0 Å². The number of carbonyl (C=O) groups is 2. The van der Waals surface area contributed by atoms with E-state index in [0.29, 0.717) is 35.9 Å². The Balaban J connectivity index is 2.28. The molecule has 4 atom stereocenters. The Hall–Kier alpha value is -2.30. The van der Waals surface area contributed by atoms with Crippen LogP contribution in [0.5, 0.6) is 17.2 Å². The summed E-state index contributed by atoms with van der Waals surface area (Å²) >= 11 is 0. The molecule has 152 valence electrons. The molecule has 0 fully saturated rings. The fraction of sp³-hybridized carbons (Fsp3) is 0.565. The molecule has 0 amide bonds. The molecule has 1 heterocycles. The average Bonchev–Trinajstić information content (AvgIpc) is 2.60. The van der Waals surface area contributed by atoms with Crippen molar-refractivity contribution in [3.63, 3.8) is 0 Å². The van der Waals surface area contributed by atoms with Gasteiger partial charge in [-0.2, -0.15) is 0 Å². The van der Waals surface area contributed by atoms with Crippen LogP contribution in [0.4, 0.5) is 0 Å². The summed E-state index contributed by atoms with van der Waals surface area (Å²) in [7, 11) is 0. The third-order valence-electron chi connectivity index (χ3n) is 6.44. The smallest absolute Gasteiger partial charge is 0.157 e. The van der Waals surface area contributed by atoms with Crippen molar-refractivity contribution in [2.75, 3.05) is 0 Å². The number of rotatable bonds is 5. The van der Waals surface area contributed by atoms with Gasteiger partial charge in [-0.1, -0.05) is 33.8 Å². The molecule has 3 rings (SSSR count). The lowest BCUT2D eigenvalue weighted by atomic mass is 9.63. The summed E-state index contributed by atoms with van der Waals surface area (Å²) in [5.41, 5.74) is -0.468. The number of ether oxygens (including phenoxy) is 1. The molecule has 0 saturated carbocycles. The largest absolute Gasteiger partial charge is 0.507 e. The minimum Gasteiger partial charge on any atom is -0.507 e. The van der Waals surface area contributed by atoms with Gasteiger partial charge in [0.1, 0.15) is 22.8 Å². The van der Waals surface area contributed by atoms with Gasteiger partial charge in [0.15, 0.2) is 12.6 Å². The molecule has 5 nitrogen and oxygen atoms in total. The van der Waals surface area contributed by atoms with Gasteiger partial charge in [-0.3, -0.25) is 9.59 Å². The summed E-state index contributed by atoms with van der Waals surface area (Å²) in [6, 6.07) is 0. The summed E-state index contributed by atoms with van der Waals surface area (Å²) < 4.78 is 6.29. The Kier molecular flexibility index (Phi) is 5.30. The maximum absolute atomic E-state index is 11.8. The molecule has 0 bridgehead atoms. The van der Waals surface area contributed by atoms with Crippen LogP contribution in [0.15, 0.2) is 12.2 Å². The summed E-state index contributed by atoms with van der Waals surface area (Å²) in [6.45, 7) is 10.6. The first-order valence-electron chi connectivity index (χ1n) is 10.0. The first-order valence-corrected chi connectivity index (χ1v) is 10.0. The number of benzene rings is 1. The Bertz CT molecular complexity index is 823. The molecule has 28 heavy (non-hydrogen) atoms. The first kappa shape index (κ1) is 20.4. The molecule has 0 aromatic heterocycles. The van der Waals surface area contributed by atoms with Gasteiger partial charge < -0.3 is 14.9 Å². The molecular weight excluding hydrogens is 356 g/mol. The van der Waals surface area contributed by atoms with Crippen LogP contribution in [0.2, 0.25) is 0 Å². The fourth-order valence-electron chi connectivity index (χ4n) is 4.86. The molecule has 2 aliphatic rings.